The van der Waals surface area contributed by atoms with Crippen molar-refractivity contribution < 1.29 is 9.59 Å². The standard InChI is InChI=1S/C24H24N6O2/c31-22-14-19(18-4-1-2-5-21(18)29-22)23(32)30-12-8-16(9-13-30)20-7-6-17(15-27-20)28-24-25-10-3-11-26-24/h1-7,10-11,15-16,19H,8-9,12-14H2,(H,29,31)(H,25,26,28). The highest BCUT2D eigenvalue weighted by molar-refractivity contribution is 6.01. The molecule has 162 valence electrons. The van der Waals surface area contributed by atoms with Gasteiger partial charge in [0.25, 0.3) is 0 Å². The molecule has 1 atom stereocenters. The van der Waals surface area contributed by atoms with Gasteiger partial charge in [0.1, 0.15) is 0 Å². The first-order valence-electron chi connectivity index (χ1n) is 10.8. The van der Waals surface area contributed by atoms with Gasteiger partial charge in [-0.25, -0.2) is 9.97 Å². The monoisotopic (exact) mass is 428 g/mol. The number of hydrogen-bond acceptors (Lipinski definition) is 6. The lowest BCUT2D eigenvalue weighted by molar-refractivity contribution is -0.135. The lowest BCUT2D eigenvalue weighted by atomic mass is 9.87. The fourth-order valence-corrected chi connectivity index (χ4v) is 4.46. The summed E-state index contributed by atoms with van der Waals surface area (Å²) in [6, 6.07) is 13.3. The van der Waals surface area contributed by atoms with Crippen molar-refractivity contribution in [1.29, 1.82) is 0 Å². The van der Waals surface area contributed by atoms with Crippen molar-refractivity contribution in [2.75, 3.05) is 23.7 Å². The Balaban J connectivity index is 1.21. The number of aromatic nitrogens is 3. The third-order valence-corrected chi connectivity index (χ3v) is 6.13. The molecule has 2 amide bonds. The fourth-order valence-electron chi connectivity index (χ4n) is 4.46. The Kier molecular flexibility index (Phi) is 5.49. The summed E-state index contributed by atoms with van der Waals surface area (Å²) in [6.45, 7) is 1.34. The third kappa shape index (κ3) is 4.16. The van der Waals surface area contributed by atoms with Crippen LogP contribution in [0.4, 0.5) is 17.3 Å². The summed E-state index contributed by atoms with van der Waals surface area (Å²) < 4.78 is 0. The van der Waals surface area contributed by atoms with Crippen LogP contribution in [0.5, 0.6) is 0 Å². The highest BCUT2D eigenvalue weighted by Gasteiger charge is 2.35. The molecule has 5 rings (SSSR count). The molecule has 32 heavy (non-hydrogen) atoms. The van der Waals surface area contributed by atoms with E-state index in [0.717, 1.165) is 35.5 Å². The zero-order chi connectivity index (χ0) is 21.9. The molecule has 4 heterocycles. The van der Waals surface area contributed by atoms with Crippen LogP contribution in [0.15, 0.2) is 61.1 Å². The number of benzene rings is 1. The number of carbonyl (C=O) groups is 2. The second-order valence-electron chi connectivity index (χ2n) is 8.16. The van der Waals surface area contributed by atoms with Gasteiger partial charge in [-0.2, -0.15) is 0 Å². The number of anilines is 3. The van der Waals surface area contributed by atoms with Gasteiger partial charge in [0.15, 0.2) is 0 Å². The zero-order valence-corrected chi connectivity index (χ0v) is 17.6. The molecule has 1 aromatic carbocycles. The minimum absolute atomic E-state index is 0.0427. The number of likely N-dealkylation sites (tertiary alicyclic amines) is 1. The largest absolute Gasteiger partial charge is 0.342 e. The number of amides is 2. The van der Waals surface area contributed by atoms with Gasteiger partial charge in [-0.1, -0.05) is 18.2 Å². The molecule has 1 unspecified atom stereocenters. The van der Waals surface area contributed by atoms with Gasteiger partial charge in [-0.3, -0.25) is 14.6 Å². The number of rotatable bonds is 4. The molecule has 0 spiro atoms. The van der Waals surface area contributed by atoms with Gasteiger partial charge >= 0.3 is 0 Å². The van der Waals surface area contributed by atoms with Gasteiger partial charge in [0.05, 0.1) is 17.8 Å². The van der Waals surface area contributed by atoms with E-state index in [0.29, 0.717) is 25.0 Å². The molecule has 8 heteroatoms. The van der Waals surface area contributed by atoms with Crippen molar-refractivity contribution in [3.8, 4) is 0 Å². The van der Waals surface area contributed by atoms with E-state index < -0.39 is 5.92 Å². The Morgan fingerprint density at radius 2 is 1.78 bits per heavy atom. The SMILES string of the molecule is O=C1CC(C(=O)N2CCC(c3ccc(Nc4ncccn4)cn3)CC2)c2ccccc2N1. The molecule has 0 saturated carbocycles. The zero-order valence-electron chi connectivity index (χ0n) is 17.6. The fraction of sp³-hybridized carbons (Fsp3) is 0.292. The van der Waals surface area contributed by atoms with Gasteiger partial charge in [0, 0.05) is 49.2 Å². The second kappa shape index (κ2) is 8.74. The maximum Gasteiger partial charge on any atom is 0.230 e. The smallest absolute Gasteiger partial charge is 0.230 e. The van der Waals surface area contributed by atoms with Crippen molar-refractivity contribution in [3.63, 3.8) is 0 Å². The van der Waals surface area contributed by atoms with Gasteiger partial charge < -0.3 is 15.5 Å². The highest BCUT2D eigenvalue weighted by Crippen LogP contribution is 2.35. The maximum atomic E-state index is 13.2. The molecular formula is C24H24N6O2. The van der Waals surface area contributed by atoms with Crippen LogP contribution in [0, 0.1) is 0 Å². The van der Waals surface area contributed by atoms with Crippen LogP contribution in [0.2, 0.25) is 0 Å². The Morgan fingerprint density at radius 1 is 1.00 bits per heavy atom. The molecule has 1 fully saturated rings. The molecule has 8 nitrogen and oxygen atoms in total. The first kappa shape index (κ1) is 20.1. The number of fused-ring (bicyclic) bond motifs is 1. The Morgan fingerprint density at radius 3 is 2.53 bits per heavy atom. The van der Waals surface area contributed by atoms with Crippen molar-refractivity contribution in [1.82, 2.24) is 19.9 Å². The molecule has 0 bridgehead atoms. The van der Waals surface area contributed by atoms with E-state index in [-0.39, 0.29) is 18.2 Å². The molecule has 2 aromatic heterocycles. The third-order valence-electron chi connectivity index (χ3n) is 6.13. The van der Waals surface area contributed by atoms with Crippen molar-refractivity contribution in [2.45, 2.75) is 31.1 Å². The first-order valence-corrected chi connectivity index (χ1v) is 10.8. The lowest BCUT2D eigenvalue weighted by Crippen LogP contribution is -2.42. The molecule has 0 radical (unpaired) electrons. The normalized spacial score (nSPS) is 18.6. The van der Waals surface area contributed by atoms with Crippen LogP contribution in [0.25, 0.3) is 0 Å². The maximum absolute atomic E-state index is 13.2. The van der Waals surface area contributed by atoms with Crippen LogP contribution in [-0.4, -0.2) is 44.8 Å². The van der Waals surface area contributed by atoms with Gasteiger partial charge in [-0.05, 0) is 42.7 Å². The van der Waals surface area contributed by atoms with Crippen molar-refractivity contribution in [3.05, 3.63) is 72.3 Å². The number of nitrogens with zero attached hydrogens (tertiary/aromatic N) is 4. The van der Waals surface area contributed by atoms with E-state index in [1.165, 1.54) is 0 Å². The predicted octanol–water partition coefficient (Wildman–Crippen LogP) is 3.45. The molecule has 2 aliphatic rings. The molecule has 3 aromatic rings. The van der Waals surface area contributed by atoms with Crippen LogP contribution in [0.3, 0.4) is 0 Å². The molecule has 2 aliphatic heterocycles. The van der Waals surface area contributed by atoms with E-state index in [1.807, 2.05) is 41.3 Å². The summed E-state index contributed by atoms with van der Waals surface area (Å²) in [4.78, 5) is 40.2. The average molecular weight is 428 g/mol. The van der Waals surface area contributed by atoms with Crippen LogP contribution in [0.1, 0.15) is 42.4 Å². The van der Waals surface area contributed by atoms with Crippen molar-refractivity contribution in [2.24, 2.45) is 0 Å². The number of hydrogen-bond donors (Lipinski definition) is 2. The molecule has 1 saturated heterocycles. The molecular weight excluding hydrogens is 404 g/mol. The Labute approximate surface area is 186 Å². The number of para-hydroxylation sites is 1. The minimum Gasteiger partial charge on any atom is -0.342 e. The summed E-state index contributed by atoms with van der Waals surface area (Å²) in [6.07, 6.45) is 7.08. The van der Waals surface area contributed by atoms with Gasteiger partial charge in [0.2, 0.25) is 17.8 Å². The summed E-state index contributed by atoms with van der Waals surface area (Å²) in [5, 5.41) is 6.00. The summed E-state index contributed by atoms with van der Waals surface area (Å²) in [5.74, 6) is 0.381. The Bertz CT molecular complexity index is 1110. The van der Waals surface area contributed by atoms with Crippen LogP contribution >= 0.6 is 0 Å². The second-order valence-corrected chi connectivity index (χ2v) is 8.16. The van der Waals surface area contributed by atoms with Crippen LogP contribution < -0.4 is 10.6 Å². The van der Waals surface area contributed by atoms with Crippen molar-refractivity contribution >= 4 is 29.1 Å². The van der Waals surface area contributed by atoms with Crippen LogP contribution in [-0.2, 0) is 9.59 Å². The van der Waals surface area contributed by atoms with E-state index in [4.69, 9.17) is 0 Å². The first-order chi connectivity index (χ1) is 15.7. The summed E-state index contributed by atoms with van der Waals surface area (Å²) in [5.41, 5.74) is 3.52. The number of piperidine rings is 1. The number of carbonyl (C=O) groups excluding carboxylic acids is 2. The number of pyridine rings is 1. The predicted molar refractivity (Wildman–Crippen MR) is 121 cm³/mol. The quantitative estimate of drug-likeness (QED) is 0.660. The molecule has 0 aliphatic carbocycles. The minimum atomic E-state index is -0.403. The Hall–Kier alpha value is -3.81. The lowest BCUT2D eigenvalue weighted by Gasteiger charge is -2.35. The average Bonchev–Trinajstić information content (AvgIpc) is 2.84. The van der Waals surface area contributed by atoms with E-state index in [2.05, 4.69) is 25.6 Å². The van der Waals surface area contributed by atoms with E-state index >= 15 is 0 Å². The highest BCUT2D eigenvalue weighted by atomic mass is 16.2. The van der Waals surface area contributed by atoms with E-state index in [1.54, 1.807) is 24.7 Å². The molecule has 2 N–H and O–H groups in total. The summed E-state index contributed by atoms with van der Waals surface area (Å²) in [7, 11) is 0. The van der Waals surface area contributed by atoms with E-state index in [9.17, 15) is 9.59 Å². The van der Waals surface area contributed by atoms with Gasteiger partial charge in [-0.15, -0.1) is 0 Å². The number of nitrogens with one attached hydrogen (secondary N) is 2. The topological polar surface area (TPSA) is 100 Å². The summed E-state index contributed by atoms with van der Waals surface area (Å²) >= 11 is 0.